The molecule has 1 unspecified atom stereocenters. The highest BCUT2D eigenvalue weighted by Gasteiger charge is 2.34. The lowest BCUT2D eigenvalue weighted by Gasteiger charge is -2.31. The molecule has 0 aliphatic heterocycles. The first kappa shape index (κ1) is 17.5. The van der Waals surface area contributed by atoms with Gasteiger partial charge in [0.25, 0.3) is 10.0 Å². The third-order valence-electron chi connectivity index (χ3n) is 3.64. The first-order valence-electron chi connectivity index (χ1n) is 7.12. The Morgan fingerprint density at radius 2 is 1.52 bits per heavy atom. The highest BCUT2D eigenvalue weighted by Crippen LogP contribution is 2.32. The van der Waals surface area contributed by atoms with Crippen LogP contribution in [0.15, 0.2) is 53.4 Å². The Balaban J connectivity index is 2.72. The Labute approximate surface area is 141 Å². The summed E-state index contributed by atoms with van der Waals surface area (Å²) in [7, 11) is -3.92. The van der Waals surface area contributed by atoms with E-state index in [0.717, 1.165) is 15.4 Å². The summed E-state index contributed by atoms with van der Waals surface area (Å²) >= 11 is 5.63. The summed E-state index contributed by atoms with van der Waals surface area (Å²) in [6.45, 7) is 5.10. The fraction of sp³-hybridized carbons (Fsp3) is 0.235. The molecule has 0 bridgehead atoms. The maximum atomic E-state index is 13.1. The third kappa shape index (κ3) is 3.41. The van der Waals surface area contributed by atoms with Crippen molar-refractivity contribution >= 4 is 32.6 Å². The van der Waals surface area contributed by atoms with Crippen LogP contribution in [-0.4, -0.2) is 19.7 Å². The van der Waals surface area contributed by atoms with E-state index in [4.69, 9.17) is 11.6 Å². The summed E-state index contributed by atoms with van der Waals surface area (Å²) in [5.41, 5.74) is 2.00. The van der Waals surface area contributed by atoms with E-state index in [9.17, 15) is 13.2 Å². The average molecular weight is 352 g/mol. The van der Waals surface area contributed by atoms with Gasteiger partial charge in [0, 0.05) is 0 Å². The van der Waals surface area contributed by atoms with Crippen LogP contribution in [0.3, 0.4) is 0 Å². The van der Waals surface area contributed by atoms with Gasteiger partial charge < -0.3 is 0 Å². The Morgan fingerprint density at radius 3 is 2.00 bits per heavy atom. The molecule has 1 atom stereocenters. The maximum absolute atomic E-state index is 13.1. The van der Waals surface area contributed by atoms with Crippen molar-refractivity contribution < 1.29 is 13.2 Å². The van der Waals surface area contributed by atoms with E-state index in [1.165, 1.54) is 19.1 Å². The molecule has 0 amide bonds. The van der Waals surface area contributed by atoms with E-state index >= 15 is 0 Å². The van der Waals surface area contributed by atoms with Crippen LogP contribution in [0.5, 0.6) is 0 Å². The molecule has 6 heteroatoms. The van der Waals surface area contributed by atoms with E-state index in [-0.39, 0.29) is 4.90 Å². The zero-order chi connectivity index (χ0) is 17.2. The van der Waals surface area contributed by atoms with Crippen molar-refractivity contribution in [2.45, 2.75) is 31.7 Å². The Bertz CT molecular complexity index is 799. The fourth-order valence-electron chi connectivity index (χ4n) is 2.47. The number of sulfonamides is 1. The number of hydrogen-bond donors (Lipinski definition) is 0. The lowest BCUT2D eigenvalue weighted by atomic mass is 10.1. The lowest BCUT2D eigenvalue weighted by molar-refractivity contribution is -0.112. The molecule has 0 radical (unpaired) electrons. The zero-order valence-electron chi connectivity index (χ0n) is 13.2. The second kappa shape index (κ2) is 6.72. The topological polar surface area (TPSA) is 54.5 Å². The number of hydrogen-bond acceptors (Lipinski definition) is 3. The quantitative estimate of drug-likeness (QED) is 0.772. The van der Waals surface area contributed by atoms with Crippen molar-refractivity contribution in [2.75, 3.05) is 4.31 Å². The van der Waals surface area contributed by atoms with Gasteiger partial charge in [0.05, 0.1) is 10.6 Å². The van der Waals surface area contributed by atoms with Crippen LogP contribution in [-0.2, 0) is 14.8 Å². The van der Waals surface area contributed by atoms with Gasteiger partial charge in [0.15, 0.2) is 0 Å². The molecular formula is C17H18ClNO3S. The molecule has 4 nitrogen and oxygen atoms in total. The molecule has 122 valence electrons. The van der Waals surface area contributed by atoms with Crippen LogP contribution in [0.25, 0.3) is 0 Å². The number of benzene rings is 2. The van der Waals surface area contributed by atoms with Crippen LogP contribution in [0.2, 0.25) is 0 Å². The predicted molar refractivity (Wildman–Crippen MR) is 92.3 cm³/mol. The van der Waals surface area contributed by atoms with Gasteiger partial charge in [-0.15, -0.1) is 0 Å². The molecule has 0 aromatic heterocycles. The highest BCUT2D eigenvalue weighted by atomic mass is 35.5. The van der Waals surface area contributed by atoms with E-state index in [0.29, 0.717) is 5.69 Å². The van der Waals surface area contributed by atoms with Gasteiger partial charge in [-0.25, -0.2) is 8.42 Å². The molecule has 2 aromatic carbocycles. The van der Waals surface area contributed by atoms with Gasteiger partial charge in [-0.1, -0.05) is 36.4 Å². The van der Waals surface area contributed by atoms with E-state index < -0.39 is 21.3 Å². The molecule has 0 aliphatic carbocycles. The number of rotatable bonds is 5. The monoisotopic (exact) mass is 351 g/mol. The number of carbonyl (C=O) groups is 1. The predicted octanol–water partition coefficient (Wildman–Crippen LogP) is 3.65. The molecule has 0 saturated heterocycles. The number of halogens is 1. The molecule has 0 aliphatic rings. The fourth-order valence-corrected chi connectivity index (χ4v) is 4.40. The van der Waals surface area contributed by atoms with Crippen molar-refractivity contribution in [3.05, 3.63) is 59.7 Å². The van der Waals surface area contributed by atoms with Gasteiger partial charge >= 0.3 is 0 Å². The minimum absolute atomic E-state index is 0.118. The van der Waals surface area contributed by atoms with Gasteiger partial charge in [-0.3, -0.25) is 9.10 Å². The largest absolute Gasteiger partial charge is 0.279 e. The lowest BCUT2D eigenvalue weighted by Crippen LogP contribution is -2.42. The van der Waals surface area contributed by atoms with Gasteiger partial charge in [0.1, 0.15) is 6.04 Å². The Hall–Kier alpha value is -1.85. The Morgan fingerprint density at radius 1 is 1.00 bits per heavy atom. The van der Waals surface area contributed by atoms with Crippen molar-refractivity contribution in [3.63, 3.8) is 0 Å². The standard InChI is InChI=1S/C17H18ClNO3S/c1-12-8-7-9-13(2)16(12)19(14(3)17(18)20)23(21,22)15-10-5-4-6-11-15/h4-11,14H,1-3H3. The van der Waals surface area contributed by atoms with Crippen LogP contribution in [0, 0.1) is 13.8 Å². The normalized spacial score (nSPS) is 12.7. The molecule has 2 rings (SSSR count). The average Bonchev–Trinajstić information content (AvgIpc) is 2.51. The van der Waals surface area contributed by atoms with Gasteiger partial charge in [-0.2, -0.15) is 0 Å². The first-order chi connectivity index (χ1) is 10.8. The number of anilines is 1. The maximum Gasteiger partial charge on any atom is 0.265 e. The molecular weight excluding hydrogens is 334 g/mol. The van der Waals surface area contributed by atoms with Crippen LogP contribution in [0.1, 0.15) is 18.1 Å². The van der Waals surface area contributed by atoms with E-state index in [1.54, 1.807) is 44.2 Å². The molecule has 0 saturated carbocycles. The summed E-state index contributed by atoms with van der Waals surface area (Å²) in [6, 6.07) is 12.5. The van der Waals surface area contributed by atoms with E-state index in [1.807, 2.05) is 6.07 Å². The highest BCUT2D eigenvalue weighted by molar-refractivity contribution is 7.93. The minimum atomic E-state index is -3.92. The van der Waals surface area contributed by atoms with Crippen molar-refractivity contribution in [2.24, 2.45) is 0 Å². The smallest absolute Gasteiger partial charge is 0.265 e. The summed E-state index contributed by atoms with van der Waals surface area (Å²) < 4.78 is 27.3. The summed E-state index contributed by atoms with van der Waals surface area (Å²) in [4.78, 5) is 11.8. The van der Waals surface area contributed by atoms with Crippen molar-refractivity contribution in [1.29, 1.82) is 0 Å². The van der Waals surface area contributed by atoms with Crippen molar-refractivity contribution in [1.82, 2.24) is 0 Å². The number of para-hydroxylation sites is 1. The number of carbonyl (C=O) groups excluding carboxylic acids is 1. The first-order valence-corrected chi connectivity index (χ1v) is 8.93. The summed E-state index contributed by atoms with van der Waals surface area (Å²) in [6.07, 6.45) is 0. The second-order valence-corrected chi connectivity index (χ2v) is 7.52. The van der Waals surface area contributed by atoms with Crippen LogP contribution in [0.4, 0.5) is 5.69 Å². The van der Waals surface area contributed by atoms with Crippen LogP contribution >= 0.6 is 11.6 Å². The molecule has 23 heavy (non-hydrogen) atoms. The molecule has 0 heterocycles. The SMILES string of the molecule is Cc1cccc(C)c1N(C(C)C(=O)Cl)S(=O)(=O)c1ccccc1. The number of aryl methyl sites for hydroxylation is 2. The summed E-state index contributed by atoms with van der Waals surface area (Å²) in [5, 5.41) is -0.729. The number of nitrogens with zero attached hydrogens (tertiary/aromatic N) is 1. The van der Waals surface area contributed by atoms with E-state index in [2.05, 4.69) is 0 Å². The van der Waals surface area contributed by atoms with Gasteiger partial charge in [-0.05, 0) is 55.6 Å². The summed E-state index contributed by atoms with van der Waals surface area (Å²) in [5.74, 6) is 0. The molecule has 0 fully saturated rings. The zero-order valence-corrected chi connectivity index (χ0v) is 14.7. The minimum Gasteiger partial charge on any atom is -0.279 e. The third-order valence-corrected chi connectivity index (χ3v) is 5.84. The van der Waals surface area contributed by atoms with Crippen molar-refractivity contribution in [3.8, 4) is 0 Å². The molecule has 2 aromatic rings. The van der Waals surface area contributed by atoms with Crippen LogP contribution < -0.4 is 4.31 Å². The Kier molecular flexibility index (Phi) is 5.12. The molecule has 0 spiro atoms. The second-order valence-electron chi connectivity index (χ2n) is 5.33. The molecule has 0 N–H and O–H groups in total. The van der Waals surface area contributed by atoms with Gasteiger partial charge in [0.2, 0.25) is 5.24 Å².